The number of likely N-dealkylation sites (N-methyl/N-ethyl adjacent to an activating group) is 1. The lowest BCUT2D eigenvalue weighted by Crippen LogP contribution is -2.48. The molecule has 0 spiro atoms. The Kier molecular flexibility index (Phi) is 8.02. The maximum Gasteiger partial charge on any atom is 0.237 e. The summed E-state index contributed by atoms with van der Waals surface area (Å²) in [5, 5.41) is 2.96. The third kappa shape index (κ3) is 5.89. The maximum absolute atomic E-state index is 12.0. The van der Waals surface area contributed by atoms with Gasteiger partial charge in [0.05, 0.1) is 6.04 Å². The number of nitrogens with one attached hydrogen (secondary N) is 1. The van der Waals surface area contributed by atoms with Gasteiger partial charge in [-0.1, -0.05) is 13.8 Å². The molecule has 5 nitrogen and oxygen atoms in total. The Bertz CT molecular complexity index is 255. The molecule has 0 aromatic carbocycles. The molecule has 0 radical (unpaired) electrons. The number of ether oxygens (including phenoxy) is 1. The average Bonchev–Trinajstić information content (AvgIpc) is 2.46. The topological polar surface area (TPSA) is 67.6 Å². The van der Waals surface area contributed by atoms with E-state index in [1.54, 1.807) is 0 Å². The van der Waals surface area contributed by atoms with Crippen molar-refractivity contribution in [2.45, 2.75) is 39.2 Å². The lowest BCUT2D eigenvalue weighted by atomic mass is 9.92. The van der Waals surface area contributed by atoms with Gasteiger partial charge in [-0.25, -0.2) is 0 Å². The van der Waals surface area contributed by atoms with Crippen LogP contribution in [0.1, 0.15) is 33.1 Å². The van der Waals surface area contributed by atoms with Crippen molar-refractivity contribution in [2.75, 3.05) is 39.4 Å². The number of hydrogen-bond donors (Lipinski definition) is 2. The van der Waals surface area contributed by atoms with Crippen LogP contribution in [-0.4, -0.2) is 56.2 Å². The summed E-state index contributed by atoms with van der Waals surface area (Å²) in [5.41, 5.74) is 6.02. The van der Waals surface area contributed by atoms with Crippen LogP contribution in [0.25, 0.3) is 0 Å². The molecule has 1 heterocycles. The van der Waals surface area contributed by atoms with Gasteiger partial charge >= 0.3 is 0 Å². The first kappa shape index (κ1) is 16.4. The molecule has 0 aromatic heterocycles. The second-order valence-electron chi connectivity index (χ2n) is 5.20. The van der Waals surface area contributed by atoms with Crippen LogP contribution in [0, 0.1) is 5.92 Å². The summed E-state index contributed by atoms with van der Waals surface area (Å²) in [6.07, 6.45) is 2.93. The maximum atomic E-state index is 12.0. The van der Waals surface area contributed by atoms with Crippen LogP contribution >= 0.6 is 0 Å². The summed E-state index contributed by atoms with van der Waals surface area (Å²) in [4.78, 5) is 14.3. The van der Waals surface area contributed by atoms with Crippen LogP contribution in [0.15, 0.2) is 0 Å². The second-order valence-corrected chi connectivity index (χ2v) is 5.20. The third-order valence-electron chi connectivity index (χ3n) is 3.79. The van der Waals surface area contributed by atoms with Gasteiger partial charge in [0.2, 0.25) is 5.91 Å². The zero-order chi connectivity index (χ0) is 14.1. The van der Waals surface area contributed by atoms with Gasteiger partial charge in [-0.2, -0.15) is 0 Å². The molecular formula is C14H29N3O2. The molecule has 3 N–H and O–H groups in total. The molecule has 19 heavy (non-hydrogen) atoms. The molecular weight excluding hydrogens is 242 g/mol. The molecule has 1 unspecified atom stereocenters. The molecule has 112 valence electrons. The third-order valence-corrected chi connectivity index (χ3v) is 3.79. The number of carbonyl (C=O) groups excluding carboxylic acids is 1. The fraction of sp³-hybridized carbons (Fsp3) is 0.929. The zero-order valence-corrected chi connectivity index (χ0v) is 12.4. The van der Waals surface area contributed by atoms with Gasteiger partial charge in [0, 0.05) is 26.3 Å². The minimum atomic E-state index is -0.384. The molecule has 1 amide bonds. The molecule has 0 aromatic rings. The van der Waals surface area contributed by atoms with Crippen LogP contribution in [0.2, 0.25) is 0 Å². The van der Waals surface area contributed by atoms with E-state index in [0.29, 0.717) is 6.54 Å². The van der Waals surface area contributed by atoms with E-state index in [1.165, 1.54) is 0 Å². The molecule has 0 saturated carbocycles. The molecule has 1 fully saturated rings. The van der Waals surface area contributed by atoms with E-state index in [-0.39, 0.29) is 17.9 Å². The quantitative estimate of drug-likeness (QED) is 0.678. The van der Waals surface area contributed by atoms with Crippen LogP contribution in [0.5, 0.6) is 0 Å². The van der Waals surface area contributed by atoms with E-state index in [2.05, 4.69) is 24.1 Å². The first-order valence-corrected chi connectivity index (χ1v) is 7.52. The number of amides is 1. The van der Waals surface area contributed by atoms with Crippen molar-refractivity contribution in [1.82, 2.24) is 10.2 Å². The fourth-order valence-electron chi connectivity index (χ4n) is 2.49. The van der Waals surface area contributed by atoms with Gasteiger partial charge < -0.3 is 20.7 Å². The first-order chi connectivity index (χ1) is 9.19. The molecule has 1 saturated heterocycles. The number of hydrogen-bond acceptors (Lipinski definition) is 4. The highest BCUT2D eigenvalue weighted by atomic mass is 16.5. The Labute approximate surface area is 116 Å². The number of carbonyl (C=O) groups is 1. The van der Waals surface area contributed by atoms with E-state index < -0.39 is 0 Å². The largest absolute Gasteiger partial charge is 0.381 e. The average molecular weight is 271 g/mol. The normalized spacial score (nSPS) is 18.5. The molecule has 0 aliphatic carbocycles. The highest BCUT2D eigenvalue weighted by Crippen LogP contribution is 2.17. The van der Waals surface area contributed by atoms with Crippen molar-refractivity contribution in [3.63, 3.8) is 0 Å². The van der Waals surface area contributed by atoms with Gasteiger partial charge in [-0.05, 0) is 38.3 Å². The van der Waals surface area contributed by atoms with Gasteiger partial charge in [0.1, 0.15) is 0 Å². The number of rotatable bonds is 8. The number of nitrogens with zero attached hydrogens (tertiary/aromatic N) is 1. The lowest BCUT2D eigenvalue weighted by Gasteiger charge is -2.27. The summed E-state index contributed by atoms with van der Waals surface area (Å²) in [6.45, 7) is 9.46. The summed E-state index contributed by atoms with van der Waals surface area (Å²) in [5.74, 6) is 0.256. The minimum absolute atomic E-state index is 0.0144. The Morgan fingerprint density at radius 2 is 2.05 bits per heavy atom. The SMILES string of the molecule is CCCN(CC)CCNC(=O)C(N)C1CCOCC1. The first-order valence-electron chi connectivity index (χ1n) is 7.52. The number of nitrogens with two attached hydrogens (primary N) is 1. The van der Waals surface area contributed by atoms with Crippen LogP contribution < -0.4 is 11.1 Å². The lowest BCUT2D eigenvalue weighted by molar-refractivity contribution is -0.124. The van der Waals surface area contributed by atoms with Gasteiger partial charge in [-0.15, -0.1) is 0 Å². The smallest absolute Gasteiger partial charge is 0.237 e. The summed E-state index contributed by atoms with van der Waals surface area (Å²) in [7, 11) is 0. The molecule has 5 heteroatoms. The summed E-state index contributed by atoms with van der Waals surface area (Å²) < 4.78 is 5.29. The van der Waals surface area contributed by atoms with Gasteiger partial charge in [-0.3, -0.25) is 4.79 Å². The van der Waals surface area contributed by atoms with E-state index in [1.807, 2.05) is 0 Å². The van der Waals surface area contributed by atoms with Crippen molar-refractivity contribution in [3.8, 4) is 0 Å². The molecule has 1 atom stereocenters. The van der Waals surface area contributed by atoms with Crippen molar-refractivity contribution in [2.24, 2.45) is 11.7 Å². The van der Waals surface area contributed by atoms with E-state index in [0.717, 1.165) is 52.1 Å². The van der Waals surface area contributed by atoms with E-state index in [4.69, 9.17) is 10.5 Å². The Hall–Kier alpha value is -0.650. The highest BCUT2D eigenvalue weighted by molar-refractivity contribution is 5.81. The molecule has 1 rings (SSSR count). The summed E-state index contributed by atoms with van der Waals surface area (Å²) >= 11 is 0. The predicted octanol–water partition coefficient (Wildman–Crippen LogP) is 0.588. The Balaban J connectivity index is 2.22. The van der Waals surface area contributed by atoms with Crippen molar-refractivity contribution < 1.29 is 9.53 Å². The Morgan fingerprint density at radius 1 is 1.37 bits per heavy atom. The van der Waals surface area contributed by atoms with E-state index in [9.17, 15) is 4.79 Å². The van der Waals surface area contributed by atoms with Gasteiger partial charge in [0.25, 0.3) is 0 Å². The Morgan fingerprint density at radius 3 is 2.63 bits per heavy atom. The second kappa shape index (κ2) is 9.28. The monoisotopic (exact) mass is 271 g/mol. The van der Waals surface area contributed by atoms with Gasteiger partial charge in [0.15, 0.2) is 0 Å². The van der Waals surface area contributed by atoms with Crippen LogP contribution in [0.4, 0.5) is 0 Å². The molecule has 1 aliphatic rings. The molecule has 0 bridgehead atoms. The van der Waals surface area contributed by atoms with Crippen LogP contribution in [0.3, 0.4) is 0 Å². The molecule has 1 aliphatic heterocycles. The zero-order valence-electron chi connectivity index (χ0n) is 12.4. The van der Waals surface area contributed by atoms with Crippen LogP contribution in [-0.2, 0) is 9.53 Å². The summed E-state index contributed by atoms with van der Waals surface area (Å²) in [6, 6.07) is -0.384. The van der Waals surface area contributed by atoms with Crippen molar-refractivity contribution in [3.05, 3.63) is 0 Å². The standard InChI is InChI=1S/C14H29N3O2/c1-3-8-17(4-2)9-7-16-14(18)13(15)12-5-10-19-11-6-12/h12-13H,3-11,15H2,1-2H3,(H,16,18). The van der Waals surface area contributed by atoms with Crippen molar-refractivity contribution in [1.29, 1.82) is 0 Å². The minimum Gasteiger partial charge on any atom is -0.381 e. The fourth-order valence-corrected chi connectivity index (χ4v) is 2.49. The highest BCUT2D eigenvalue weighted by Gasteiger charge is 2.26. The van der Waals surface area contributed by atoms with E-state index >= 15 is 0 Å². The predicted molar refractivity (Wildman–Crippen MR) is 76.9 cm³/mol. The van der Waals surface area contributed by atoms with Crippen molar-refractivity contribution >= 4 is 5.91 Å².